The van der Waals surface area contributed by atoms with Crippen molar-refractivity contribution in [1.82, 2.24) is 9.97 Å². The van der Waals surface area contributed by atoms with Crippen LogP contribution in [-0.2, 0) is 0 Å². The van der Waals surface area contributed by atoms with Crippen molar-refractivity contribution < 1.29 is 22.7 Å². The summed E-state index contributed by atoms with van der Waals surface area (Å²) in [4.78, 5) is 20.4. The van der Waals surface area contributed by atoms with Gasteiger partial charge in [0, 0.05) is 35.1 Å². The van der Waals surface area contributed by atoms with Crippen LogP contribution in [0.2, 0.25) is 5.02 Å². The van der Waals surface area contributed by atoms with Gasteiger partial charge in [-0.25, -0.2) is 8.78 Å². The molecule has 9 heteroatoms. The predicted molar refractivity (Wildman–Crippen MR) is 105 cm³/mol. The summed E-state index contributed by atoms with van der Waals surface area (Å²) < 4.78 is 48.6. The maximum Gasteiger partial charge on any atom is 0.255 e. The number of anilines is 1. The van der Waals surface area contributed by atoms with E-state index in [1.54, 1.807) is 12.1 Å². The first-order valence-corrected chi connectivity index (χ1v) is 8.93. The average Bonchev–Trinajstić information content (AvgIpc) is 2.74. The number of hydrogen-bond acceptors (Lipinski definition) is 4. The minimum absolute atomic E-state index is 0.0379. The topological polar surface area (TPSA) is 64.1 Å². The van der Waals surface area contributed by atoms with Crippen LogP contribution in [0.15, 0.2) is 60.9 Å². The second kappa shape index (κ2) is 8.00. The Hall–Kier alpha value is -3.65. The Morgan fingerprint density at radius 1 is 0.933 bits per heavy atom. The number of fused-ring (bicyclic) bond motifs is 1. The Morgan fingerprint density at radius 2 is 1.70 bits per heavy atom. The first-order chi connectivity index (χ1) is 14.4. The number of ether oxygens (including phenoxy) is 1. The summed E-state index contributed by atoms with van der Waals surface area (Å²) >= 11 is 5.81. The molecule has 1 N–H and O–H groups in total. The van der Waals surface area contributed by atoms with E-state index in [1.165, 1.54) is 42.7 Å². The Morgan fingerprint density at radius 3 is 2.47 bits per heavy atom. The number of hydrogen-bond donors (Lipinski definition) is 1. The fraction of sp³-hybridized carbons (Fsp3) is 0. The van der Waals surface area contributed by atoms with Gasteiger partial charge < -0.3 is 10.1 Å². The lowest BCUT2D eigenvalue weighted by molar-refractivity contribution is 0.102. The number of carbonyl (C=O) groups is 1. The smallest absolute Gasteiger partial charge is 0.255 e. The molecule has 30 heavy (non-hydrogen) atoms. The quantitative estimate of drug-likeness (QED) is 0.420. The van der Waals surface area contributed by atoms with Crippen molar-refractivity contribution >= 4 is 34.2 Å². The fourth-order valence-corrected chi connectivity index (χ4v) is 2.90. The first-order valence-electron chi connectivity index (χ1n) is 8.55. The molecule has 1 heterocycles. The van der Waals surface area contributed by atoms with Gasteiger partial charge in [-0.1, -0.05) is 17.7 Å². The number of nitrogens with one attached hydrogen (secondary N) is 1. The highest BCUT2D eigenvalue weighted by molar-refractivity contribution is 6.31. The molecular weight excluding hydrogens is 419 g/mol. The zero-order valence-corrected chi connectivity index (χ0v) is 15.8. The van der Waals surface area contributed by atoms with Gasteiger partial charge in [0.05, 0.1) is 16.7 Å². The lowest BCUT2D eigenvalue weighted by atomic mass is 10.2. The number of nitrogens with zero attached hydrogens (tertiary/aromatic N) is 2. The van der Waals surface area contributed by atoms with Gasteiger partial charge in [-0.3, -0.25) is 14.8 Å². The zero-order valence-electron chi connectivity index (χ0n) is 15.0. The van der Waals surface area contributed by atoms with E-state index >= 15 is 0 Å². The van der Waals surface area contributed by atoms with E-state index < -0.39 is 34.8 Å². The molecule has 0 fully saturated rings. The van der Waals surface area contributed by atoms with E-state index in [0.29, 0.717) is 17.1 Å². The first kappa shape index (κ1) is 19.7. The van der Waals surface area contributed by atoms with E-state index in [0.717, 1.165) is 0 Å². The van der Waals surface area contributed by atoms with Gasteiger partial charge in [-0.15, -0.1) is 0 Å². The standard InChI is InChI=1S/C21H11ClF3N3O2/c22-12-3-1-2-11(8-12)21(29)28-17-10-14(23)20(19(25)18(17)24)30-13-4-5-15-16(9-13)27-7-6-26-15/h1-10H,(H,28,29). The van der Waals surface area contributed by atoms with Gasteiger partial charge in [0.1, 0.15) is 5.75 Å². The molecule has 0 unspecified atom stereocenters. The molecule has 3 aromatic carbocycles. The molecule has 5 nitrogen and oxygen atoms in total. The molecule has 1 aromatic heterocycles. The molecule has 0 bridgehead atoms. The number of amides is 1. The summed E-state index contributed by atoms with van der Waals surface area (Å²) in [6, 6.07) is 10.8. The van der Waals surface area contributed by atoms with Gasteiger partial charge in [-0.05, 0) is 30.3 Å². The Kier molecular flexibility index (Phi) is 5.24. The van der Waals surface area contributed by atoms with Crippen LogP contribution >= 0.6 is 11.6 Å². The normalized spacial score (nSPS) is 10.8. The summed E-state index contributed by atoms with van der Waals surface area (Å²) in [5.41, 5.74) is 0.407. The maximum atomic E-state index is 14.5. The Balaban J connectivity index is 1.62. The van der Waals surface area contributed by atoms with Crippen LogP contribution in [-0.4, -0.2) is 15.9 Å². The van der Waals surface area contributed by atoms with Gasteiger partial charge in [-0.2, -0.15) is 4.39 Å². The van der Waals surface area contributed by atoms with Crippen LogP contribution in [0.3, 0.4) is 0 Å². The van der Waals surface area contributed by atoms with E-state index in [9.17, 15) is 18.0 Å². The number of aromatic nitrogens is 2. The molecule has 0 saturated carbocycles. The molecule has 0 saturated heterocycles. The molecule has 0 aliphatic heterocycles. The molecule has 4 rings (SSSR count). The molecule has 0 atom stereocenters. The summed E-state index contributed by atoms with van der Waals surface area (Å²) in [5, 5.41) is 2.41. The van der Waals surface area contributed by atoms with Crippen molar-refractivity contribution in [2.24, 2.45) is 0 Å². The van der Waals surface area contributed by atoms with Crippen molar-refractivity contribution in [3.05, 3.63) is 89.0 Å². The summed E-state index contributed by atoms with van der Waals surface area (Å²) in [6.07, 6.45) is 2.94. The lowest BCUT2D eigenvalue weighted by Gasteiger charge is -2.12. The number of rotatable bonds is 4. The average molecular weight is 430 g/mol. The van der Waals surface area contributed by atoms with Gasteiger partial charge in [0.2, 0.25) is 11.6 Å². The molecule has 150 valence electrons. The largest absolute Gasteiger partial charge is 0.451 e. The highest BCUT2D eigenvalue weighted by Crippen LogP contribution is 2.34. The van der Waals surface area contributed by atoms with E-state index in [-0.39, 0.29) is 16.3 Å². The summed E-state index contributed by atoms with van der Waals surface area (Å²) in [6.45, 7) is 0. The van der Waals surface area contributed by atoms with Crippen LogP contribution in [0.25, 0.3) is 11.0 Å². The minimum Gasteiger partial charge on any atom is -0.451 e. The van der Waals surface area contributed by atoms with Crippen molar-refractivity contribution in [3.8, 4) is 11.5 Å². The van der Waals surface area contributed by atoms with Crippen LogP contribution in [0, 0.1) is 17.5 Å². The molecule has 0 radical (unpaired) electrons. The van der Waals surface area contributed by atoms with Crippen LogP contribution < -0.4 is 10.1 Å². The highest BCUT2D eigenvalue weighted by atomic mass is 35.5. The fourth-order valence-electron chi connectivity index (χ4n) is 2.71. The summed E-state index contributed by atoms with van der Waals surface area (Å²) in [5.74, 6) is -5.95. The second-order valence-electron chi connectivity index (χ2n) is 6.14. The molecule has 0 spiro atoms. The molecular formula is C21H11ClF3N3O2. The van der Waals surface area contributed by atoms with Crippen molar-refractivity contribution in [2.45, 2.75) is 0 Å². The zero-order chi connectivity index (χ0) is 21.3. The molecule has 0 aliphatic rings. The second-order valence-corrected chi connectivity index (χ2v) is 6.57. The van der Waals surface area contributed by atoms with Gasteiger partial charge in [0.25, 0.3) is 5.91 Å². The molecule has 1 amide bonds. The van der Waals surface area contributed by atoms with Crippen molar-refractivity contribution in [3.63, 3.8) is 0 Å². The van der Waals surface area contributed by atoms with E-state index in [4.69, 9.17) is 16.3 Å². The molecule has 0 aliphatic carbocycles. The highest BCUT2D eigenvalue weighted by Gasteiger charge is 2.22. The lowest BCUT2D eigenvalue weighted by Crippen LogP contribution is -2.14. The maximum absolute atomic E-state index is 14.5. The van der Waals surface area contributed by atoms with Crippen LogP contribution in [0.5, 0.6) is 11.5 Å². The third kappa shape index (κ3) is 3.90. The molecule has 4 aromatic rings. The minimum atomic E-state index is -1.59. The SMILES string of the molecule is O=C(Nc1cc(F)c(Oc2ccc3nccnc3c2)c(F)c1F)c1cccc(Cl)c1. The number of halogens is 4. The van der Waals surface area contributed by atoms with E-state index in [2.05, 4.69) is 15.3 Å². The monoisotopic (exact) mass is 429 g/mol. The van der Waals surface area contributed by atoms with Crippen LogP contribution in [0.4, 0.5) is 18.9 Å². The predicted octanol–water partition coefficient (Wildman–Crippen LogP) is 5.75. The third-order valence-electron chi connectivity index (χ3n) is 4.11. The third-order valence-corrected chi connectivity index (χ3v) is 4.35. The van der Waals surface area contributed by atoms with E-state index in [1.807, 2.05) is 0 Å². The number of benzene rings is 3. The Bertz CT molecular complexity index is 1280. The number of carbonyl (C=O) groups excluding carboxylic acids is 1. The van der Waals surface area contributed by atoms with Gasteiger partial charge >= 0.3 is 0 Å². The Labute approximate surface area is 173 Å². The summed E-state index contributed by atoms with van der Waals surface area (Å²) in [7, 11) is 0. The van der Waals surface area contributed by atoms with Gasteiger partial charge in [0.15, 0.2) is 11.6 Å². The van der Waals surface area contributed by atoms with Crippen molar-refractivity contribution in [1.29, 1.82) is 0 Å². The van der Waals surface area contributed by atoms with Crippen molar-refractivity contribution in [2.75, 3.05) is 5.32 Å². The van der Waals surface area contributed by atoms with Crippen LogP contribution in [0.1, 0.15) is 10.4 Å².